The number of rotatable bonds is 3. The lowest BCUT2D eigenvalue weighted by Crippen LogP contribution is -1.93. The number of carbonyl (C=O) groups is 1. The molecule has 2 rings (SSSR count). The van der Waals surface area contributed by atoms with Gasteiger partial charge in [0.05, 0.1) is 5.02 Å². The first-order valence-electron chi connectivity index (χ1n) is 5.06. The molecule has 5 heteroatoms. The molecule has 0 saturated heterocycles. The molecule has 1 aromatic heterocycles. The van der Waals surface area contributed by atoms with E-state index in [4.69, 9.17) is 16.3 Å². The number of Topliss-reactive ketones (excluding diaryl/α,β-unsaturated/α-hetero) is 1. The second kappa shape index (κ2) is 4.59. The van der Waals surface area contributed by atoms with E-state index >= 15 is 0 Å². The van der Waals surface area contributed by atoms with Crippen LogP contribution in [0.25, 0.3) is 0 Å². The number of halogens is 1. The van der Waals surface area contributed by atoms with Gasteiger partial charge in [-0.2, -0.15) is 0 Å². The number of nitrogens with one attached hydrogen (secondary N) is 1. The molecule has 1 aromatic carbocycles. The Bertz CT molecular complexity index is 563. The molecule has 1 N–H and O–H groups in total. The van der Waals surface area contributed by atoms with Gasteiger partial charge in [-0.1, -0.05) is 11.6 Å². The minimum Gasteiger partial charge on any atom is -0.436 e. The maximum absolute atomic E-state index is 11.2. The number of nitrogens with zero attached hydrogens (tertiary/aromatic N) is 1. The second-order valence-corrected chi connectivity index (χ2v) is 4.10. The lowest BCUT2D eigenvalue weighted by Gasteiger charge is -2.05. The van der Waals surface area contributed by atoms with E-state index in [0.29, 0.717) is 22.2 Å². The van der Waals surface area contributed by atoms with E-state index in [-0.39, 0.29) is 5.78 Å². The summed E-state index contributed by atoms with van der Waals surface area (Å²) in [6.45, 7) is 3.36. The largest absolute Gasteiger partial charge is 0.436 e. The average molecular weight is 251 g/mol. The highest BCUT2D eigenvalue weighted by atomic mass is 35.5. The molecule has 0 unspecified atom stereocenters. The molecular formula is C12H11ClN2O2. The summed E-state index contributed by atoms with van der Waals surface area (Å²) in [6, 6.07) is 6.67. The summed E-state index contributed by atoms with van der Waals surface area (Å²) in [5.74, 6) is 0.886. The first kappa shape index (κ1) is 11.7. The van der Waals surface area contributed by atoms with E-state index in [0.717, 1.165) is 5.69 Å². The number of hydrogen-bond acceptors (Lipinski definition) is 3. The Hall–Kier alpha value is -1.81. The minimum absolute atomic E-state index is 0.0333. The van der Waals surface area contributed by atoms with Crippen LogP contribution in [0.3, 0.4) is 0 Å². The number of ketones is 1. The molecule has 0 spiro atoms. The fourth-order valence-corrected chi connectivity index (χ4v) is 1.58. The third-order valence-electron chi connectivity index (χ3n) is 2.24. The van der Waals surface area contributed by atoms with E-state index in [1.165, 1.54) is 6.92 Å². The van der Waals surface area contributed by atoms with Crippen molar-refractivity contribution in [2.24, 2.45) is 0 Å². The van der Waals surface area contributed by atoms with E-state index in [1.807, 2.05) is 6.92 Å². The Morgan fingerprint density at radius 2 is 2.18 bits per heavy atom. The van der Waals surface area contributed by atoms with Crippen LogP contribution in [0.2, 0.25) is 5.02 Å². The maximum atomic E-state index is 11.2. The summed E-state index contributed by atoms with van der Waals surface area (Å²) in [5.41, 5.74) is 1.46. The van der Waals surface area contributed by atoms with Crippen LogP contribution in [0.4, 0.5) is 0 Å². The normalized spacial score (nSPS) is 10.3. The number of carbonyl (C=O) groups excluding carboxylic acids is 1. The van der Waals surface area contributed by atoms with Crippen LogP contribution in [0, 0.1) is 6.92 Å². The van der Waals surface area contributed by atoms with E-state index in [9.17, 15) is 4.79 Å². The number of aryl methyl sites for hydroxylation is 1. The summed E-state index contributed by atoms with van der Waals surface area (Å²) in [5, 5.41) is 7.09. The van der Waals surface area contributed by atoms with Crippen LogP contribution in [0.5, 0.6) is 11.6 Å². The average Bonchev–Trinajstić information content (AvgIpc) is 2.67. The fourth-order valence-electron chi connectivity index (χ4n) is 1.36. The Balaban J connectivity index is 2.25. The zero-order chi connectivity index (χ0) is 12.4. The molecule has 1 heterocycles. The molecule has 0 radical (unpaired) electrons. The third kappa shape index (κ3) is 2.65. The van der Waals surface area contributed by atoms with Gasteiger partial charge in [0, 0.05) is 17.3 Å². The molecule has 17 heavy (non-hydrogen) atoms. The van der Waals surface area contributed by atoms with Crippen molar-refractivity contribution in [1.82, 2.24) is 10.2 Å². The van der Waals surface area contributed by atoms with Crippen molar-refractivity contribution in [3.05, 3.63) is 40.5 Å². The molecule has 0 fully saturated rings. The molecule has 0 atom stereocenters. The zero-order valence-corrected chi connectivity index (χ0v) is 10.2. The summed E-state index contributed by atoms with van der Waals surface area (Å²) in [4.78, 5) is 11.2. The number of benzene rings is 1. The van der Waals surface area contributed by atoms with Gasteiger partial charge in [0.15, 0.2) is 5.78 Å². The van der Waals surface area contributed by atoms with Crippen molar-refractivity contribution in [2.75, 3.05) is 0 Å². The molecule has 0 bridgehead atoms. The summed E-state index contributed by atoms with van der Waals surface area (Å²) < 4.78 is 5.48. The minimum atomic E-state index is -0.0333. The molecule has 0 amide bonds. The van der Waals surface area contributed by atoms with Gasteiger partial charge in [-0.25, -0.2) is 0 Å². The number of aromatic nitrogens is 2. The zero-order valence-electron chi connectivity index (χ0n) is 9.45. The monoisotopic (exact) mass is 250 g/mol. The molecule has 2 aromatic rings. The van der Waals surface area contributed by atoms with Crippen molar-refractivity contribution in [1.29, 1.82) is 0 Å². The summed E-state index contributed by atoms with van der Waals surface area (Å²) >= 11 is 6.01. The number of H-pyrrole nitrogens is 1. The van der Waals surface area contributed by atoms with Gasteiger partial charge in [0.25, 0.3) is 0 Å². The first-order valence-corrected chi connectivity index (χ1v) is 5.44. The van der Waals surface area contributed by atoms with Crippen LogP contribution in [0.1, 0.15) is 23.0 Å². The van der Waals surface area contributed by atoms with E-state index in [1.54, 1.807) is 24.3 Å². The van der Waals surface area contributed by atoms with Crippen LogP contribution in [-0.4, -0.2) is 16.0 Å². The second-order valence-electron chi connectivity index (χ2n) is 3.69. The molecule has 4 nitrogen and oxygen atoms in total. The molecular weight excluding hydrogens is 240 g/mol. The molecule has 0 aliphatic heterocycles. The number of ether oxygens (including phenoxy) is 1. The highest BCUT2D eigenvalue weighted by molar-refractivity contribution is 6.32. The van der Waals surface area contributed by atoms with E-state index < -0.39 is 0 Å². The summed E-state index contributed by atoms with van der Waals surface area (Å²) in [7, 11) is 0. The van der Waals surface area contributed by atoms with Gasteiger partial charge in [-0.3, -0.25) is 9.89 Å². The first-order chi connectivity index (χ1) is 8.06. The SMILES string of the molecule is CC(=O)c1ccc(Oc2cc(C)[nH]n2)c(Cl)c1. The van der Waals surface area contributed by atoms with Gasteiger partial charge in [-0.05, 0) is 32.0 Å². The molecule has 0 aliphatic carbocycles. The van der Waals surface area contributed by atoms with Crippen LogP contribution >= 0.6 is 11.6 Å². The van der Waals surface area contributed by atoms with Gasteiger partial charge in [0.2, 0.25) is 5.88 Å². The van der Waals surface area contributed by atoms with Crippen molar-refractivity contribution in [3.8, 4) is 11.6 Å². The smallest absolute Gasteiger partial charge is 0.238 e. The van der Waals surface area contributed by atoms with Crippen LogP contribution < -0.4 is 4.74 Å². The number of hydrogen-bond donors (Lipinski definition) is 1. The molecule has 0 saturated carbocycles. The highest BCUT2D eigenvalue weighted by Crippen LogP contribution is 2.29. The maximum Gasteiger partial charge on any atom is 0.238 e. The van der Waals surface area contributed by atoms with Crippen molar-refractivity contribution >= 4 is 17.4 Å². The van der Waals surface area contributed by atoms with Gasteiger partial charge < -0.3 is 4.74 Å². The Labute approximate surface area is 104 Å². The Kier molecular flexibility index (Phi) is 3.15. The van der Waals surface area contributed by atoms with Crippen molar-refractivity contribution in [3.63, 3.8) is 0 Å². The fraction of sp³-hybridized carbons (Fsp3) is 0.167. The van der Waals surface area contributed by atoms with Gasteiger partial charge >= 0.3 is 0 Å². The quantitative estimate of drug-likeness (QED) is 0.850. The predicted molar refractivity (Wildman–Crippen MR) is 64.9 cm³/mol. The lowest BCUT2D eigenvalue weighted by atomic mass is 10.1. The highest BCUT2D eigenvalue weighted by Gasteiger charge is 2.08. The summed E-state index contributed by atoms with van der Waals surface area (Å²) in [6.07, 6.45) is 0. The topological polar surface area (TPSA) is 55.0 Å². The third-order valence-corrected chi connectivity index (χ3v) is 2.53. The van der Waals surface area contributed by atoms with Crippen molar-refractivity contribution < 1.29 is 9.53 Å². The van der Waals surface area contributed by atoms with Gasteiger partial charge in [0.1, 0.15) is 5.75 Å². The van der Waals surface area contributed by atoms with E-state index in [2.05, 4.69) is 10.2 Å². The Morgan fingerprint density at radius 3 is 2.71 bits per heavy atom. The predicted octanol–water partition coefficient (Wildman–Crippen LogP) is 3.37. The Morgan fingerprint density at radius 1 is 1.41 bits per heavy atom. The van der Waals surface area contributed by atoms with Crippen molar-refractivity contribution in [2.45, 2.75) is 13.8 Å². The number of aromatic amines is 1. The standard InChI is InChI=1S/C12H11ClN2O2/c1-7-5-12(15-14-7)17-11-4-3-9(8(2)16)6-10(11)13/h3-6H,1-2H3,(H,14,15). The van der Waals surface area contributed by atoms with Crippen LogP contribution in [-0.2, 0) is 0 Å². The molecule has 88 valence electrons. The molecule has 0 aliphatic rings. The van der Waals surface area contributed by atoms with Crippen LogP contribution in [0.15, 0.2) is 24.3 Å². The lowest BCUT2D eigenvalue weighted by molar-refractivity contribution is 0.101. The van der Waals surface area contributed by atoms with Gasteiger partial charge in [-0.15, -0.1) is 5.10 Å².